The van der Waals surface area contributed by atoms with Crippen LogP contribution in [0.1, 0.15) is 32.4 Å². The number of aliphatic imine (C=N–C) groups is 1. The first-order valence-electron chi connectivity index (χ1n) is 9.38. The lowest BCUT2D eigenvalue weighted by molar-refractivity contribution is -0.119. The van der Waals surface area contributed by atoms with Gasteiger partial charge in [-0.2, -0.15) is 0 Å². The van der Waals surface area contributed by atoms with E-state index in [4.69, 9.17) is 9.15 Å². The summed E-state index contributed by atoms with van der Waals surface area (Å²) in [6.07, 6.45) is 2.91. The van der Waals surface area contributed by atoms with Crippen molar-refractivity contribution >= 4 is 41.9 Å². The number of ether oxygens (including phenoxy) is 1. The summed E-state index contributed by atoms with van der Waals surface area (Å²) in [5.41, 5.74) is 0. The second kappa shape index (κ2) is 13.2. The van der Waals surface area contributed by atoms with E-state index in [-0.39, 0.29) is 48.6 Å². The van der Waals surface area contributed by atoms with E-state index in [9.17, 15) is 9.59 Å². The van der Waals surface area contributed by atoms with E-state index < -0.39 is 0 Å². The minimum Gasteiger partial charge on any atom is -0.467 e. The summed E-state index contributed by atoms with van der Waals surface area (Å²) in [6.45, 7) is 6.50. The van der Waals surface area contributed by atoms with Crippen LogP contribution in [0.15, 0.2) is 27.8 Å². The van der Waals surface area contributed by atoms with Crippen molar-refractivity contribution in [3.05, 3.63) is 24.2 Å². The molecular formula is C18H30IN5O4. The lowest BCUT2D eigenvalue weighted by atomic mass is 10.1. The molecule has 0 saturated carbocycles. The lowest BCUT2D eigenvalue weighted by Gasteiger charge is -2.32. The van der Waals surface area contributed by atoms with Gasteiger partial charge in [0.05, 0.1) is 19.4 Å². The van der Waals surface area contributed by atoms with Crippen molar-refractivity contribution in [1.82, 2.24) is 20.9 Å². The van der Waals surface area contributed by atoms with Crippen molar-refractivity contribution in [1.29, 1.82) is 0 Å². The molecule has 0 aromatic carbocycles. The summed E-state index contributed by atoms with van der Waals surface area (Å²) < 4.78 is 10.2. The fourth-order valence-electron chi connectivity index (χ4n) is 2.74. The van der Waals surface area contributed by atoms with Crippen molar-refractivity contribution in [3.63, 3.8) is 0 Å². The number of carbonyl (C=O) groups excluding carboxylic acids is 2. The maximum atomic E-state index is 11.9. The molecule has 0 spiro atoms. The number of furan rings is 1. The van der Waals surface area contributed by atoms with Crippen LogP contribution in [0.4, 0.5) is 4.79 Å². The number of nitrogens with one attached hydrogen (secondary N) is 3. The summed E-state index contributed by atoms with van der Waals surface area (Å²) in [5.74, 6) is 1.12. The van der Waals surface area contributed by atoms with Crippen LogP contribution in [0.25, 0.3) is 0 Å². The molecule has 1 aliphatic heterocycles. The van der Waals surface area contributed by atoms with E-state index in [2.05, 4.69) is 20.9 Å². The number of piperidine rings is 1. The first-order chi connectivity index (χ1) is 13.1. The van der Waals surface area contributed by atoms with Crippen molar-refractivity contribution in [2.45, 2.75) is 39.3 Å². The largest absolute Gasteiger partial charge is 0.467 e. The highest BCUT2D eigenvalue weighted by molar-refractivity contribution is 14.0. The molecule has 158 valence electrons. The second-order valence-corrected chi connectivity index (χ2v) is 6.16. The molecule has 1 aliphatic rings. The second-order valence-electron chi connectivity index (χ2n) is 6.16. The standard InChI is InChI=1S/C18H29N5O4.HI/c1-3-19-17(21-13-16(24)20-12-15-6-5-11-27-15)22-14-7-9-23(10-8-14)18(25)26-4-2;/h5-6,11,14H,3-4,7-10,12-13H2,1-2H3,(H,20,24)(H2,19,21,22);1H. The van der Waals surface area contributed by atoms with E-state index in [0.717, 1.165) is 12.8 Å². The average Bonchev–Trinajstić information content (AvgIpc) is 3.19. The summed E-state index contributed by atoms with van der Waals surface area (Å²) in [5, 5.41) is 9.24. The Hall–Kier alpha value is -1.98. The fraction of sp³-hybridized carbons (Fsp3) is 0.611. The van der Waals surface area contributed by atoms with Crippen LogP contribution in [0.2, 0.25) is 0 Å². The number of likely N-dealkylation sites (tertiary alicyclic amines) is 1. The van der Waals surface area contributed by atoms with Gasteiger partial charge in [-0.1, -0.05) is 0 Å². The SMILES string of the molecule is CCNC(=NCC(=O)NCc1ccco1)NC1CCN(C(=O)OCC)CC1.I. The molecule has 10 heteroatoms. The van der Waals surface area contributed by atoms with Crippen LogP contribution in [0, 0.1) is 0 Å². The molecule has 0 radical (unpaired) electrons. The molecule has 1 saturated heterocycles. The van der Waals surface area contributed by atoms with Gasteiger partial charge >= 0.3 is 6.09 Å². The molecule has 9 nitrogen and oxygen atoms in total. The number of hydrogen-bond acceptors (Lipinski definition) is 5. The van der Waals surface area contributed by atoms with Gasteiger partial charge in [0, 0.05) is 25.7 Å². The summed E-state index contributed by atoms with van der Waals surface area (Å²) in [7, 11) is 0. The van der Waals surface area contributed by atoms with Gasteiger partial charge in [-0.15, -0.1) is 24.0 Å². The molecule has 2 rings (SSSR count). The third-order valence-electron chi connectivity index (χ3n) is 4.13. The molecule has 1 fully saturated rings. The number of hydrogen-bond donors (Lipinski definition) is 3. The van der Waals surface area contributed by atoms with Gasteiger partial charge in [0.2, 0.25) is 5.91 Å². The van der Waals surface area contributed by atoms with Gasteiger partial charge in [0.1, 0.15) is 12.3 Å². The van der Waals surface area contributed by atoms with Crippen LogP contribution >= 0.6 is 24.0 Å². The highest BCUT2D eigenvalue weighted by Crippen LogP contribution is 2.11. The third kappa shape index (κ3) is 8.36. The zero-order valence-corrected chi connectivity index (χ0v) is 18.7. The minimum atomic E-state index is -0.259. The van der Waals surface area contributed by atoms with Gasteiger partial charge in [-0.25, -0.2) is 9.79 Å². The first-order valence-corrected chi connectivity index (χ1v) is 9.38. The van der Waals surface area contributed by atoms with Gasteiger partial charge < -0.3 is 30.0 Å². The van der Waals surface area contributed by atoms with Gasteiger partial charge in [0.25, 0.3) is 0 Å². The average molecular weight is 507 g/mol. The van der Waals surface area contributed by atoms with Crippen LogP contribution in [0.3, 0.4) is 0 Å². The number of guanidine groups is 1. The maximum absolute atomic E-state index is 11.9. The molecule has 0 bridgehead atoms. The Morgan fingerprint density at radius 1 is 1.29 bits per heavy atom. The number of rotatable bonds is 7. The smallest absolute Gasteiger partial charge is 0.409 e. The third-order valence-corrected chi connectivity index (χ3v) is 4.13. The predicted molar refractivity (Wildman–Crippen MR) is 117 cm³/mol. The first kappa shape index (κ1) is 24.1. The molecule has 2 amide bonds. The Balaban J connectivity index is 0.00000392. The molecular weight excluding hydrogens is 477 g/mol. The summed E-state index contributed by atoms with van der Waals surface area (Å²) >= 11 is 0. The van der Waals surface area contributed by atoms with E-state index in [1.165, 1.54) is 0 Å². The number of amides is 2. The van der Waals surface area contributed by atoms with Crippen LogP contribution in [0.5, 0.6) is 0 Å². The van der Waals surface area contributed by atoms with E-state index in [0.29, 0.717) is 44.5 Å². The van der Waals surface area contributed by atoms with Crippen LogP contribution < -0.4 is 16.0 Å². The maximum Gasteiger partial charge on any atom is 0.409 e. The number of nitrogens with zero attached hydrogens (tertiary/aromatic N) is 2. The van der Waals surface area contributed by atoms with E-state index >= 15 is 0 Å². The zero-order valence-electron chi connectivity index (χ0n) is 16.4. The molecule has 1 aromatic heterocycles. The Morgan fingerprint density at radius 3 is 2.64 bits per heavy atom. The zero-order chi connectivity index (χ0) is 19.5. The molecule has 0 unspecified atom stereocenters. The Bertz CT molecular complexity index is 616. The van der Waals surface area contributed by atoms with E-state index in [1.807, 2.05) is 6.92 Å². The number of halogens is 1. The molecule has 2 heterocycles. The van der Waals surface area contributed by atoms with Gasteiger partial charge in [-0.3, -0.25) is 4.79 Å². The Kier molecular flexibility index (Phi) is 11.4. The molecule has 3 N–H and O–H groups in total. The highest BCUT2D eigenvalue weighted by atomic mass is 127. The van der Waals surface area contributed by atoms with Gasteiger partial charge in [-0.05, 0) is 38.8 Å². The quantitative estimate of drug-likeness (QED) is 0.295. The van der Waals surface area contributed by atoms with Crippen molar-refractivity contribution in [2.75, 3.05) is 32.8 Å². The molecule has 0 aliphatic carbocycles. The van der Waals surface area contributed by atoms with Crippen molar-refractivity contribution < 1.29 is 18.7 Å². The summed E-state index contributed by atoms with van der Waals surface area (Å²) in [6, 6.07) is 3.78. The minimum absolute atomic E-state index is 0. The number of carbonyl (C=O) groups is 2. The Morgan fingerprint density at radius 2 is 2.04 bits per heavy atom. The monoisotopic (exact) mass is 507 g/mol. The predicted octanol–water partition coefficient (Wildman–Crippen LogP) is 1.69. The van der Waals surface area contributed by atoms with Crippen LogP contribution in [-0.2, 0) is 16.1 Å². The van der Waals surface area contributed by atoms with Gasteiger partial charge in [0.15, 0.2) is 5.96 Å². The molecule has 0 atom stereocenters. The van der Waals surface area contributed by atoms with Crippen molar-refractivity contribution in [3.8, 4) is 0 Å². The lowest BCUT2D eigenvalue weighted by Crippen LogP contribution is -2.50. The normalized spacial score (nSPS) is 14.8. The molecule has 28 heavy (non-hydrogen) atoms. The Labute approximate surface area is 182 Å². The van der Waals surface area contributed by atoms with Crippen molar-refractivity contribution in [2.24, 2.45) is 4.99 Å². The molecule has 1 aromatic rings. The topological polar surface area (TPSA) is 108 Å². The van der Waals surface area contributed by atoms with Crippen LogP contribution in [-0.4, -0.2) is 61.7 Å². The fourth-order valence-corrected chi connectivity index (χ4v) is 2.74. The van der Waals surface area contributed by atoms with E-state index in [1.54, 1.807) is 30.2 Å². The highest BCUT2D eigenvalue weighted by Gasteiger charge is 2.24. The summed E-state index contributed by atoms with van der Waals surface area (Å²) in [4.78, 5) is 29.7.